The van der Waals surface area contributed by atoms with Crippen molar-refractivity contribution in [3.05, 3.63) is 96.1 Å². The van der Waals surface area contributed by atoms with E-state index in [0.29, 0.717) is 11.1 Å². The first-order chi connectivity index (χ1) is 16.4. The zero-order valence-electron chi connectivity index (χ0n) is 18.6. The third-order valence-corrected chi connectivity index (χ3v) is 6.25. The molecule has 6 nitrogen and oxygen atoms in total. The maximum atomic E-state index is 9.73. The Hall–Kier alpha value is -2.82. The molecule has 0 aliphatic rings. The summed E-state index contributed by atoms with van der Waals surface area (Å²) in [4.78, 5) is 38.6. The normalized spacial score (nSPS) is 11.2. The first kappa shape index (κ1) is 24.3. The number of rotatable bonds is 7. The highest BCUT2D eigenvalue weighted by atomic mass is 31.2. The van der Waals surface area contributed by atoms with Crippen LogP contribution in [-0.4, -0.2) is 19.6 Å². The van der Waals surface area contributed by atoms with Crippen LogP contribution in [0.1, 0.15) is 11.1 Å². The topological polar surface area (TPSA) is 99.4 Å². The van der Waals surface area contributed by atoms with Crippen LogP contribution in [0, 0.1) is 13.8 Å². The highest BCUT2D eigenvalue weighted by Crippen LogP contribution is 2.51. The summed E-state index contributed by atoms with van der Waals surface area (Å²) in [7, 11) is -5.38. The van der Waals surface area contributed by atoms with Crippen molar-refractivity contribution in [2.75, 3.05) is 0 Å². The average molecular weight is 494 g/mol. The Balaban J connectivity index is 2.15. The molecule has 34 heavy (non-hydrogen) atoms. The molecule has 4 N–H and O–H groups in total. The molecule has 0 aliphatic carbocycles. The van der Waals surface area contributed by atoms with Gasteiger partial charge in [-0.1, -0.05) is 72.8 Å². The van der Waals surface area contributed by atoms with E-state index < -0.39 is 17.2 Å². The number of para-hydroxylation sites is 1. The van der Waals surface area contributed by atoms with E-state index in [9.17, 15) is 19.6 Å². The average Bonchev–Trinajstić information content (AvgIpc) is 2.80. The van der Waals surface area contributed by atoms with Gasteiger partial charge in [0.05, 0.1) is 0 Å². The zero-order valence-corrected chi connectivity index (χ0v) is 20.4. The molecule has 0 aliphatic heterocycles. The molecule has 8 heteroatoms. The molecule has 4 aromatic rings. The minimum absolute atomic E-state index is 0.237. The van der Waals surface area contributed by atoms with Gasteiger partial charge < -0.3 is 28.6 Å². The number of benzene rings is 4. The van der Waals surface area contributed by atoms with Crippen molar-refractivity contribution in [3.8, 4) is 44.9 Å². The lowest BCUT2D eigenvalue weighted by Crippen LogP contribution is -1.99. The Morgan fingerprint density at radius 1 is 0.471 bits per heavy atom. The van der Waals surface area contributed by atoms with Crippen molar-refractivity contribution < 1.29 is 28.6 Å². The van der Waals surface area contributed by atoms with E-state index in [0.717, 1.165) is 33.4 Å². The van der Waals surface area contributed by atoms with Crippen LogP contribution < -0.4 is 9.05 Å². The van der Waals surface area contributed by atoms with Crippen LogP contribution in [-0.2, 0) is 0 Å². The monoisotopic (exact) mass is 494 g/mol. The highest BCUT2D eigenvalue weighted by molar-refractivity contribution is 7.40. The molecule has 0 fully saturated rings. The lowest BCUT2D eigenvalue weighted by atomic mass is 9.84. The predicted molar refractivity (Wildman–Crippen MR) is 136 cm³/mol. The van der Waals surface area contributed by atoms with Crippen molar-refractivity contribution in [2.45, 2.75) is 13.8 Å². The second-order valence-electron chi connectivity index (χ2n) is 7.68. The van der Waals surface area contributed by atoms with Crippen LogP contribution in [0.2, 0.25) is 0 Å². The molecule has 0 saturated heterocycles. The zero-order chi connectivity index (χ0) is 24.2. The van der Waals surface area contributed by atoms with Gasteiger partial charge in [-0.05, 0) is 53.8 Å². The molecular formula is C26H24O6P2. The molecular weight excluding hydrogens is 470 g/mol. The molecule has 0 unspecified atom stereocenters. The van der Waals surface area contributed by atoms with E-state index in [4.69, 9.17) is 9.05 Å². The summed E-state index contributed by atoms with van der Waals surface area (Å²) in [5.74, 6) is 0.475. The van der Waals surface area contributed by atoms with Crippen molar-refractivity contribution in [1.82, 2.24) is 0 Å². The van der Waals surface area contributed by atoms with Crippen LogP contribution in [0.25, 0.3) is 33.4 Å². The summed E-state index contributed by atoms with van der Waals surface area (Å²) >= 11 is 0. The smallest absolute Gasteiger partial charge is 0.391 e. The van der Waals surface area contributed by atoms with Crippen molar-refractivity contribution in [1.29, 1.82) is 0 Å². The Morgan fingerprint density at radius 3 is 1.56 bits per heavy atom. The predicted octanol–water partition coefficient (Wildman–Crippen LogP) is 6.49. The van der Waals surface area contributed by atoms with E-state index >= 15 is 0 Å². The van der Waals surface area contributed by atoms with Crippen molar-refractivity contribution >= 4 is 17.2 Å². The molecule has 0 saturated carbocycles. The van der Waals surface area contributed by atoms with Crippen LogP contribution in [0.5, 0.6) is 11.5 Å². The van der Waals surface area contributed by atoms with E-state index in [1.807, 2.05) is 68.4 Å². The van der Waals surface area contributed by atoms with Gasteiger partial charge in [0.2, 0.25) is 0 Å². The van der Waals surface area contributed by atoms with Crippen LogP contribution in [0.3, 0.4) is 0 Å². The fourth-order valence-corrected chi connectivity index (χ4v) is 4.75. The maximum absolute atomic E-state index is 9.73. The summed E-state index contributed by atoms with van der Waals surface area (Å²) in [6.07, 6.45) is 0. The SMILES string of the molecule is Cc1ccccc1-c1ccc(OP(O)O)c(-c2ccccc2OP(O)O)c1-c1ccccc1C. The van der Waals surface area contributed by atoms with Crippen LogP contribution in [0.15, 0.2) is 84.9 Å². The Morgan fingerprint density at radius 2 is 0.971 bits per heavy atom. The molecule has 0 aromatic heterocycles. The maximum Gasteiger partial charge on any atom is 0.391 e. The van der Waals surface area contributed by atoms with Crippen LogP contribution >= 0.6 is 17.2 Å². The Kier molecular flexibility index (Phi) is 7.60. The molecule has 174 valence electrons. The van der Waals surface area contributed by atoms with Crippen molar-refractivity contribution in [3.63, 3.8) is 0 Å². The van der Waals surface area contributed by atoms with Crippen LogP contribution in [0.4, 0.5) is 0 Å². The van der Waals surface area contributed by atoms with Gasteiger partial charge in [0.1, 0.15) is 11.5 Å². The first-order valence-corrected chi connectivity index (χ1v) is 12.8. The fourth-order valence-electron chi connectivity index (χ4n) is 4.09. The second-order valence-corrected chi connectivity index (χ2v) is 9.05. The molecule has 0 spiro atoms. The van der Waals surface area contributed by atoms with Gasteiger partial charge in [-0.3, -0.25) is 0 Å². The molecule has 0 radical (unpaired) electrons. The van der Waals surface area contributed by atoms with E-state index in [-0.39, 0.29) is 11.5 Å². The third-order valence-electron chi connectivity index (χ3n) is 5.53. The minimum atomic E-state index is -2.70. The molecule has 0 atom stereocenters. The number of hydrogen-bond donors (Lipinski definition) is 4. The summed E-state index contributed by atoms with van der Waals surface area (Å²) < 4.78 is 10.8. The van der Waals surface area contributed by atoms with Gasteiger partial charge in [0.15, 0.2) is 0 Å². The lowest BCUT2D eigenvalue weighted by Gasteiger charge is -2.23. The molecule has 4 aromatic carbocycles. The summed E-state index contributed by atoms with van der Waals surface area (Å²) in [6.45, 7) is 4.03. The summed E-state index contributed by atoms with van der Waals surface area (Å²) in [6, 6.07) is 26.4. The van der Waals surface area contributed by atoms with E-state index in [1.54, 1.807) is 30.3 Å². The second kappa shape index (κ2) is 10.6. The third kappa shape index (κ3) is 5.13. The van der Waals surface area contributed by atoms with Crippen molar-refractivity contribution in [2.24, 2.45) is 0 Å². The highest BCUT2D eigenvalue weighted by Gasteiger charge is 2.25. The quantitative estimate of drug-likeness (QED) is 0.219. The molecule has 0 heterocycles. The first-order valence-electron chi connectivity index (χ1n) is 10.5. The number of hydrogen-bond acceptors (Lipinski definition) is 6. The molecule has 0 amide bonds. The van der Waals surface area contributed by atoms with Gasteiger partial charge in [0.25, 0.3) is 0 Å². The molecule has 0 bridgehead atoms. The van der Waals surface area contributed by atoms with E-state index in [2.05, 4.69) is 0 Å². The standard InChI is InChI=1S/C26H24O6P2/c1-17-9-3-5-11-19(17)21-15-16-24(32-34(29)30)26(25(21)20-12-6-4-10-18(20)2)22-13-7-8-14-23(22)31-33(27)28/h3-16,27-30H,1-2H3. The van der Waals surface area contributed by atoms with E-state index in [1.165, 1.54) is 0 Å². The minimum Gasteiger partial charge on any atom is -0.426 e. The largest absolute Gasteiger partial charge is 0.426 e. The number of aryl methyl sites for hydroxylation is 2. The van der Waals surface area contributed by atoms with Gasteiger partial charge in [0, 0.05) is 16.7 Å². The van der Waals surface area contributed by atoms with Gasteiger partial charge >= 0.3 is 17.2 Å². The Labute approximate surface area is 200 Å². The Bertz CT molecular complexity index is 1310. The summed E-state index contributed by atoms with van der Waals surface area (Å²) in [5.41, 5.74) is 6.81. The van der Waals surface area contributed by atoms with Gasteiger partial charge in [-0.2, -0.15) is 0 Å². The van der Waals surface area contributed by atoms with Gasteiger partial charge in [-0.25, -0.2) is 0 Å². The molecule has 4 rings (SSSR count). The lowest BCUT2D eigenvalue weighted by molar-refractivity contribution is 0.372. The van der Waals surface area contributed by atoms with Gasteiger partial charge in [-0.15, -0.1) is 0 Å². The fraction of sp³-hybridized carbons (Fsp3) is 0.0769. The summed E-state index contributed by atoms with van der Waals surface area (Å²) in [5, 5.41) is 0.